The van der Waals surface area contributed by atoms with Crippen LogP contribution in [0.2, 0.25) is 0 Å². The Hall–Kier alpha value is -1.99. The van der Waals surface area contributed by atoms with E-state index in [0.29, 0.717) is 24.1 Å². The van der Waals surface area contributed by atoms with E-state index in [2.05, 4.69) is 0 Å². The van der Waals surface area contributed by atoms with E-state index in [0.717, 1.165) is 5.69 Å². The van der Waals surface area contributed by atoms with E-state index >= 15 is 0 Å². The Balaban J connectivity index is 0.000000791. The van der Waals surface area contributed by atoms with E-state index in [9.17, 15) is 19.6 Å². The zero-order chi connectivity index (χ0) is 20.1. The van der Waals surface area contributed by atoms with Crippen molar-refractivity contribution in [3.63, 3.8) is 0 Å². The lowest BCUT2D eigenvalue weighted by atomic mass is 9.90. The molecule has 1 N–H and O–H groups in total. The molecule has 0 spiro atoms. The van der Waals surface area contributed by atoms with Gasteiger partial charge in [0.05, 0.1) is 36.3 Å². The maximum absolute atomic E-state index is 14.0. The third-order valence-electron chi connectivity index (χ3n) is 4.04. The molecule has 1 aliphatic heterocycles. The minimum Gasteiger partial charge on any atom is -0.395 e. The lowest BCUT2D eigenvalue weighted by Gasteiger charge is -2.24. The summed E-state index contributed by atoms with van der Waals surface area (Å²) >= 11 is 0. The van der Waals surface area contributed by atoms with Gasteiger partial charge < -0.3 is 14.4 Å². The molecule has 26 heavy (non-hydrogen) atoms. The van der Waals surface area contributed by atoms with Crippen LogP contribution in [0.3, 0.4) is 0 Å². The van der Waals surface area contributed by atoms with Gasteiger partial charge in [-0.05, 0) is 6.07 Å². The van der Waals surface area contributed by atoms with Gasteiger partial charge in [0.15, 0.2) is 0 Å². The van der Waals surface area contributed by atoms with Crippen LogP contribution in [0.15, 0.2) is 18.2 Å². The monoisotopic (exact) mass is 368 g/mol. The highest BCUT2D eigenvalue weighted by Crippen LogP contribution is 2.34. The largest absolute Gasteiger partial charge is 0.395 e. The molecule has 6 nitrogen and oxygen atoms in total. The number of benzene rings is 1. The second kappa shape index (κ2) is 9.09. The van der Waals surface area contributed by atoms with Gasteiger partial charge in [0.2, 0.25) is 5.82 Å². The minimum absolute atomic E-state index is 0.0714. The number of rotatable bonds is 5. The van der Waals surface area contributed by atoms with Crippen LogP contribution in [0.25, 0.3) is 10.9 Å². The number of nitrogens with zero attached hydrogens (tertiary/aromatic N) is 2. The number of aliphatic hydroxyl groups is 1. The van der Waals surface area contributed by atoms with E-state index in [-0.39, 0.29) is 12.7 Å². The number of ether oxygens (including phenoxy) is 1. The summed E-state index contributed by atoms with van der Waals surface area (Å²) < 4.78 is 21.1. The summed E-state index contributed by atoms with van der Waals surface area (Å²) in [6.07, 6.45) is 0.0714. The Labute approximate surface area is 153 Å². The molecule has 0 amide bonds. The van der Waals surface area contributed by atoms with Gasteiger partial charge in [-0.1, -0.05) is 41.5 Å². The Morgan fingerprint density at radius 2 is 1.88 bits per heavy atom. The number of halogens is 1. The first kappa shape index (κ1) is 22.1. The quantitative estimate of drug-likeness (QED) is 0.481. The Morgan fingerprint density at radius 1 is 1.31 bits per heavy atom. The second-order valence-corrected chi connectivity index (χ2v) is 6.26. The fourth-order valence-electron chi connectivity index (χ4n) is 2.63. The summed E-state index contributed by atoms with van der Waals surface area (Å²) in [7, 11) is 0. The lowest BCUT2D eigenvalue weighted by molar-refractivity contribution is -0.387. The van der Waals surface area contributed by atoms with Gasteiger partial charge in [-0.3, -0.25) is 10.1 Å². The number of hydrogen-bond acceptors (Lipinski definition) is 4. The van der Waals surface area contributed by atoms with Crippen molar-refractivity contribution in [1.29, 1.82) is 0 Å². The van der Waals surface area contributed by atoms with Crippen molar-refractivity contribution in [2.24, 2.45) is 0 Å². The van der Waals surface area contributed by atoms with Crippen molar-refractivity contribution >= 4 is 16.6 Å². The van der Waals surface area contributed by atoms with Gasteiger partial charge in [-0.2, -0.15) is 4.39 Å². The molecule has 146 valence electrons. The first-order valence-electron chi connectivity index (χ1n) is 9.03. The molecule has 2 aromatic rings. The van der Waals surface area contributed by atoms with Gasteiger partial charge in [0, 0.05) is 28.6 Å². The molecule has 1 aromatic heterocycles. The van der Waals surface area contributed by atoms with E-state index in [1.54, 1.807) is 6.07 Å². The Bertz CT molecular complexity index is 752. The SMILES string of the molecule is CC.CC.CC(C)(CO)c1cc2cc([N+](=O)[O-])c(F)cc2n1CC1CO1. The van der Waals surface area contributed by atoms with Crippen molar-refractivity contribution in [2.75, 3.05) is 13.2 Å². The summed E-state index contributed by atoms with van der Waals surface area (Å²) in [5.74, 6) is -0.859. The van der Waals surface area contributed by atoms with E-state index in [1.807, 2.05) is 46.1 Å². The molecular formula is C19H29FN2O4. The first-order chi connectivity index (χ1) is 12.3. The fourth-order valence-corrected chi connectivity index (χ4v) is 2.63. The standard InChI is InChI=1S/C15H17FN2O4.2C2H6/c1-15(2,8-19)14-4-9-3-13(18(20)21)11(16)5-12(9)17(14)6-10-7-22-10;2*1-2/h3-5,10,19H,6-8H2,1-2H3;2*1-2H3. The molecule has 3 rings (SSSR count). The number of epoxide rings is 1. The summed E-state index contributed by atoms with van der Waals surface area (Å²) in [6.45, 7) is 12.8. The van der Waals surface area contributed by atoms with Crippen molar-refractivity contribution in [1.82, 2.24) is 4.57 Å². The van der Waals surface area contributed by atoms with E-state index in [4.69, 9.17) is 4.74 Å². The molecule has 7 heteroatoms. The molecule has 0 bridgehead atoms. The minimum atomic E-state index is -0.859. The third kappa shape index (κ3) is 4.59. The van der Waals surface area contributed by atoms with Gasteiger partial charge in [-0.15, -0.1) is 0 Å². The summed E-state index contributed by atoms with van der Waals surface area (Å²) in [5.41, 5.74) is 0.301. The molecule has 2 heterocycles. The van der Waals surface area contributed by atoms with Crippen molar-refractivity contribution in [3.8, 4) is 0 Å². The van der Waals surface area contributed by atoms with Crippen LogP contribution in [0.1, 0.15) is 47.2 Å². The second-order valence-electron chi connectivity index (χ2n) is 6.26. The predicted molar refractivity (Wildman–Crippen MR) is 101 cm³/mol. The number of hydrogen-bond donors (Lipinski definition) is 1. The van der Waals surface area contributed by atoms with Gasteiger partial charge >= 0.3 is 5.69 Å². The van der Waals surface area contributed by atoms with Crippen LogP contribution in [-0.4, -0.2) is 33.9 Å². The first-order valence-corrected chi connectivity index (χ1v) is 9.03. The number of fused-ring (bicyclic) bond motifs is 1. The highest BCUT2D eigenvalue weighted by atomic mass is 19.1. The Morgan fingerprint density at radius 3 is 2.35 bits per heavy atom. The smallest absolute Gasteiger partial charge is 0.305 e. The van der Waals surface area contributed by atoms with Crippen LogP contribution < -0.4 is 0 Å². The molecule has 0 aliphatic carbocycles. The number of aromatic nitrogens is 1. The molecule has 1 aromatic carbocycles. The van der Waals surface area contributed by atoms with Crippen molar-refractivity contribution in [2.45, 2.75) is 59.6 Å². The van der Waals surface area contributed by atoms with E-state index in [1.165, 1.54) is 12.1 Å². The van der Waals surface area contributed by atoms with Crippen LogP contribution in [0, 0.1) is 15.9 Å². The molecule has 0 saturated carbocycles. The third-order valence-corrected chi connectivity index (χ3v) is 4.04. The van der Waals surface area contributed by atoms with E-state index < -0.39 is 21.8 Å². The number of aliphatic hydroxyl groups excluding tert-OH is 1. The maximum Gasteiger partial charge on any atom is 0.305 e. The highest BCUT2D eigenvalue weighted by molar-refractivity contribution is 5.84. The molecule has 0 radical (unpaired) electrons. The van der Waals surface area contributed by atoms with Crippen molar-refractivity contribution < 1.29 is 19.2 Å². The summed E-state index contributed by atoms with van der Waals surface area (Å²) in [6, 6.07) is 4.21. The molecule has 1 saturated heterocycles. The molecular weight excluding hydrogens is 339 g/mol. The summed E-state index contributed by atoms with van der Waals surface area (Å²) in [5, 5.41) is 21.1. The predicted octanol–water partition coefficient (Wildman–Crippen LogP) is 4.41. The lowest BCUT2D eigenvalue weighted by Crippen LogP contribution is -2.26. The van der Waals surface area contributed by atoms with Crippen LogP contribution in [0.5, 0.6) is 0 Å². The average Bonchev–Trinajstić information content (AvgIpc) is 3.39. The van der Waals surface area contributed by atoms with Crippen molar-refractivity contribution in [3.05, 3.63) is 39.8 Å². The number of nitro groups is 1. The highest BCUT2D eigenvalue weighted by Gasteiger charge is 2.31. The van der Waals surface area contributed by atoms with Crippen LogP contribution in [-0.2, 0) is 16.7 Å². The zero-order valence-electron chi connectivity index (χ0n) is 16.4. The molecule has 1 aliphatic rings. The Kier molecular flexibility index (Phi) is 7.71. The van der Waals surface area contributed by atoms with Gasteiger partial charge in [0.25, 0.3) is 0 Å². The average molecular weight is 368 g/mol. The maximum atomic E-state index is 14.0. The van der Waals surface area contributed by atoms with Crippen LogP contribution in [0.4, 0.5) is 10.1 Å². The molecule has 1 unspecified atom stereocenters. The van der Waals surface area contributed by atoms with Crippen LogP contribution >= 0.6 is 0 Å². The van der Waals surface area contributed by atoms with Gasteiger partial charge in [-0.25, -0.2) is 0 Å². The fraction of sp³-hybridized carbons (Fsp3) is 0.579. The summed E-state index contributed by atoms with van der Waals surface area (Å²) in [4.78, 5) is 10.2. The molecule has 1 fully saturated rings. The normalized spacial score (nSPS) is 15.6. The zero-order valence-corrected chi connectivity index (χ0v) is 16.4. The molecule has 1 atom stereocenters. The topological polar surface area (TPSA) is 80.8 Å². The number of nitro benzene ring substituents is 1. The van der Waals surface area contributed by atoms with Gasteiger partial charge in [0.1, 0.15) is 0 Å².